The fourth-order valence-corrected chi connectivity index (χ4v) is 3.70. The number of hydrogen-bond acceptors (Lipinski definition) is 3. The fraction of sp³-hybridized carbons (Fsp3) is 1.00. The van der Waals surface area contributed by atoms with Gasteiger partial charge >= 0.3 is 0 Å². The van der Waals surface area contributed by atoms with Gasteiger partial charge in [-0.3, -0.25) is 0 Å². The summed E-state index contributed by atoms with van der Waals surface area (Å²) in [6.07, 6.45) is 2.85. The first kappa shape index (κ1) is 13.4. The van der Waals surface area contributed by atoms with Crippen LogP contribution in [0.3, 0.4) is 0 Å². The number of halogens is 1. The average molecular weight is 300 g/mol. The lowest BCUT2D eigenvalue weighted by Crippen LogP contribution is -2.39. The van der Waals surface area contributed by atoms with E-state index in [0.29, 0.717) is 12.5 Å². The molecule has 0 heterocycles. The van der Waals surface area contributed by atoms with Crippen LogP contribution in [0.15, 0.2) is 0 Å². The lowest BCUT2D eigenvalue weighted by molar-refractivity contribution is 0.173. The largest absolute Gasteiger partial charge is 0.383 e. The standard InChI is InChI=1S/C9H18BrNO3S/c1-14-6-9(4-5-10)11-15(12,13)7-8-2-3-8/h8-9,11H,2-7H2,1H3. The number of ether oxygens (including phenoxy) is 1. The first-order valence-corrected chi connectivity index (χ1v) is 7.89. The molecule has 0 spiro atoms. The monoisotopic (exact) mass is 299 g/mol. The van der Waals surface area contributed by atoms with Crippen molar-refractivity contribution in [2.75, 3.05) is 24.8 Å². The van der Waals surface area contributed by atoms with Gasteiger partial charge in [0.2, 0.25) is 10.0 Å². The number of hydrogen-bond donors (Lipinski definition) is 1. The predicted octanol–water partition coefficient (Wildman–Crippen LogP) is 1.12. The maximum absolute atomic E-state index is 11.7. The Hall–Kier alpha value is 0.350. The van der Waals surface area contributed by atoms with Gasteiger partial charge in [-0.15, -0.1) is 0 Å². The zero-order valence-electron chi connectivity index (χ0n) is 8.91. The molecule has 0 bridgehead atoms. The van der Waals surface area contributed by atoms with Gasteiger partial charge in [-0.1, -0.05) is 15.9 Å². The van der Waals surface area contributed by atoms with Crippen LogP contribution in [0.25, 0.3) is 0 Å². The van der Waals surface area contributed by atoms with Gasteiger partial charge < -0.3 is 4.74 Å². The minimum atomic E-state index is -3.11. The van der Waals surface area contributed by atoms with Crippen LogP contribution in [-0.2, 0) is 14.8 Å². The molecular formula is C9H18BrNO3S. The molecule has 1 saturated carbocycles. The number of rotatable bonds is 8. The summed E-state index contributed by atoms with van der Waals surface area (Å²) in [7, 11) is -1.53. The molecule has 1 aliphatic rings. The summed E-state index contributed by atoms with van der Waals surface area (Å²) in [6, 6.07) is -0.113. The van der Waals surface area contributed by atoms with Crippen molar-refractivity contribution in [2.45, 2.75) is 25.3 Å². The third kappa shape index (κ3) is 5.85. The lowest BCUT2D eigenvalue weighted by Gasteiger charge is -2.16. The van der Waals surface area contributed by atoms with Crippen LogP contribution in [0.1, 0.15) is 19.3 Å². The zero-order valence-corrected chi connectivity index (χ0v) is 11.3. The van der Waals surface area contributed by atoms with Gasteiger partial charge in [-0.25, -0.2) is 13.1 Å². The maximum atomic E-state index is 11.7. The molecule has 1 N–H and O–H groups in total. The van der Waals surface area contributed by atoms with Gasteiger partial charge in [0.25, 0.3) is 0 Å². The molecule has 0 saturated heterocycles. The Labute approximate surface area is 99.9 Å². The number of sulfonamides is 1. The Morgan fingerprint density at radius 2 is 2.20 bits per heavy atom. The minimum absolute atomic E-state index is 0.113. The molecule has 0 aromatic carbocycles. The van der Waals surface area contributed by atoms with Crippen LogP contribution < -0.4 is 4.72 Å². The highest BCUT2D eigenvalue weighted by Gasteiger charge is 2.29. The second-order valence-electron chi connectivity index (χ2n) is 3.97. The van der Waals surface area contributed by atoms with Gasteiger partial charge in [-0.2, -0.15) is 0 Å². The van der Waals surface area contributed by atoms with E-state index < -0.39 is 10.0 Å². The van der Waals surface area contributed by atoms with E-state index in [9.17, 15) is 8.42 Å². The molecule has 6 heteroatoms. The van der Waals surface area contributed by atoms with Crippen LogP contribution in [0.5, 0.6) is 0 Å². The first-order chi connectivity index (χ1) is 7.07. The average Bonchev–Trinajstić information content (AvgIpc) is 2.87. The molecule has 1 unspecified atom stereocenters. The third-order valence-electron chi connectivity index (χ3n) is 2.32. The summed E-state index contributed by atoms with van der Waals surface area (Å²) in [6.45, 7) is 0.426. The molecule has 0 aromatic rings. The van der Waals surface area contributed by atoms with Crippen LogP contribution >= 0.6 is 15.9 Å². The normalized spacial score (nSPS) is 19.1. The highest BCUT2D eigenvalue weighted by atomic mass is 79.9. The lowest BCUT2D eigenvalue weighted by atomic mass is 10.3. The van der Waals surface area contributed by atoms with Crippen LogP contribution in [0, 0.1) is 5.92 Å². The van der Waals surface area contributed by atoms with Gasteiger partial charge in [-0.05, 0) is 25.2 Å². The molecular weight excluding hydrogens is 282 g/mol. The van der Waals surface area contributed by atoms with Crippen LogP contribution in [0.2, 0.25) is 0 Å². The summed E-state index contributed by atoms with van der Waals surface area (Å²) in [5.74, 6) is 0.657. The molecule has 15 heavy (non-hydrogen) atoms. The summed E-state index contributed by atoms with van der Waals surface area (Å²) in [5.41, 5.74) is 0. The van der Waals surface area contributed by atoms with E-state index in [1.54, 1.807) is 7.11 Å². The second-order valence-corrected chi connectivity index (χ2v) is 6.56. The second kappa shape index (κ2) is 6.18. The van der Waals surface area contributed by atoms with Gasteiger partial charge in [0.15, 0.2) is 0 Å². The fourth-order valence-electron chi connectivity index (χ4n) is 1.41. The molecule has 0 aromatic heterocycles. The SMILES string of the molecule is COCC(CCBr)NS(=O)(=O)CC1CC1. The third-order valence-corrected chi connectivity index (χ3v) is 4.38. The van der Waals surface area contributed by atoms with Gasteiger partial charge in [0.05, 0.1) is 12.4 Å². The number of methoxy groups -OCH3 is 1. The quantitative estimate of drug-likeness (QED) is 0.683. The number of nitrogens with one attached hydrogen (secondary N) is 1. The smallest absolute Gasteiger partial charge is 0.212 e. The van der Waals surface area contributed by atoms with Gasteiger partial charge in [0.1, 0.15) is 0 Å². The molecule has 0 amide bonds. The molecule has 1 aliphatic carbocycles. The van der Waals surface area contributed by atoms with E-state index in [-0.39, 0.29) is 11.8 Å². The van der Waals surface area contributed by atoms with Crippen molar-refractivity contribution in [3.05, 3.63) is 0 Å². The Balaban J connectivity index is 2.39. The van der Waals surface area contributed by atoms with Crippen molar-refractivity contribution < 1.29 is 13.2 Å². The molecule has 1 atom stereocenters. The van der Waals surface area contributed by atoms with Crippen molar-refractivity contribution in [2.24, 2.45) is 5.92 Å². The molecule has 1 rings (SSSR count). The van der Waals surface area contributed by atoms with Gasteiger partial charge in [0, 0.05) is 18.5 Å². The molecule has 1 fully saturated rings. The molecule has 4 nitrogen and oxygen atoms in total. The van der Waals surface area contributed by atoms with E-state index in [1.165, 1.54) is 0 Å². The van der Waals surface area contributed by atoms with E-state index in [0.717, 1.165) is 24.6 Å². The molecule has 0 aliphatic heterocycles. The van der Waals surface area contributed by atoms with E-state index in [1.807, 2.05) is 0 Å². The van der Waals surface area contributed by atoms with Crippen molar-refractivity contribution in [3.8, 4) is 0 Å². The Morgan fingerprint density at radius 3 is 2.67 bits per heavy atom. The van der Waals surface area contributed by atoms with E-state index >= 15 is 0 Å². The van der Waals surface area contributed by atoms with Crippen molar-refractivity contribution in [1.29, 1.82) is 0 Å². The molecule has 90 valence electrons. The van der Waals surface area contributed by atoms with Crippen molar-refractivity contribution in [1.82, 2.24) is 4.72 Å². The highest BCUT2D eigenvalue weighted by molar-refractivity contribution is 9.09. The first-order valence-electron chi connectivity index (χ1n) is 5.12. The highest BCUT2D eigenvalue weighted by Crippen LogP contribution is 2.30. The van der Waals surface area contributed by atoms with E-state index in [2.05, 4.69) is 20.7 Å². The van der Waals surface area contributed by atoms with Crippen molar-refractivity contribution in [3.63, 3.8) is 0 Å². The Kier molecular flexibility index (Phi) is 5.52. The zero-order chi connectivity index (χ0) is 11.3. The maximum Gasteiger partial charge on any atom is 0.212 e. The Morgan fingerprint density at radius 1 is 1.53 bits per heavy atom. The Bertz CT molecular complexity index is 271. The summed E-state index contributed by atoms with van der Waals surface area (Å²) < 4.78 is 31.0. The van der Waals surface area contributed by atoms with Crippen LogP contribution in [0.4, 0.5) is 0 Å². The summed E-state index contributed by atoms with van der Waals surface area (Å²) in [5, 5.41) is 0.771. The minimum Gasteiger partial charge on any atom is -0.383 e. The van der Waals surface area contributed by atoms with E-state index in [4.69, 9.17) is 4.74 Å². The topological polar surface area (TPSA) is 55.4 Å². The molecule has 0 radical (unpaired) electrons. The number of alkyl halides is 1. The summed E-state index contributed by atoms with van der Waals surface area (Å²) >= 11 is 3.30. The predicted molar refractivity (Wildman–Crippen MR) is 63.7 cm³/mol. The van der Waals surface area contributed by atoms with Crippen LogP contribution in [-0.4, -0.2) is 39.3 Å². The van der Waals surface area contributed by atoms with Crippen molar-refractivity contribution >= 4 is 26.0 Å². The summed E-state index contributed by atoms with van der Waals surface area (Å²) in [4.78, 5) is 0.